The summed E-state index contributed by atoms with van der Waals surface area (Å²) in [6.45, 7) is 2.22. The summed E-state index contributed by atoms with van der Waals surface area (Å²) in [6, 6.07) is 4.88. The molecule has 0 aliphatic rings. The average Bonchev–Trinajstić information content (AvgIpc) is 2.31. The first kappa shape index (κ1) is 14.8. The minimum Gasteiger partial charge on any atom is -0.397 e. The van der Waals surface area contributed by atoms with E-state index in [-0.39, 0.29) is 18.6 Å². The molecule has 0 aliphatic heterocycles. The fourth-order valence-corrected chi connectivity index (χ4v) is 1.52. The molecule has 1 aromatic rings. The van der Waals surface area contributed by atoms with E-state index in [4.69, 9.17) is 26.8 Å². The molecule has 0 bridgehead atoms. The Hall–Kier alpha value is -1.30. The molecular formula is C12H17ClN2O3. The van der Waals surface area contributed by atoms with Crippen LogP contribution in [0, 0.1) is 0 Å². The molecule has 18 heavy (non-hydrogen) atoms. The molecule has 0 fully saturated rings. The molecule has 0 saturated heterocycles. The normalized spacial score (nSPS) is 12.2. The summed E-state index contributed by atoms with van der Waals surface area (Å²) < 4.78 is 10.2. The lowest BCUT2D eigenvalue weighted by molar-refractivity contribution is -0.123. The SMILES string of the molecule is COCC(C)OCC(=O)Nc1ccc(Cl)cc1N. The number of benzene rings is 1. The second kappa shape index (κ2) is 7.20. The van der Waals surface area contributed by atoms with Crippen molar-refractivity contribution in [1.29, 1.82) is 0 Å². The number of rotatable bonds is 6. The molecular weight excluding hydrogens is 256 g/mol. The first-order valence-corrected chi connectivity index (χ1v) is 5.86. The number of nitrogens with one attached hydrogen (secondary N) is 1. The Morgan fingerprint density at radius 1 is 1.56 bits per heavy atom. The van der Waals surface area contributed by atoms with Crippen LogP contribution in [0.2, 0.25) is 5.02 Å². The second-order valence-corrected chi connectivity index (χ2v) is 4.29. The van der Waals surface area contributed by atoms with Crippen LogP contribution >= 0.6 is 11.6 Å². The largest absolute Gasteiger partial charge is 0.397 e. The van der Waals surface area contributed by atoms with Crippen molar-refractivity contribution in [3.8, 4) is 0 Å². The van der Waals surface area contributed by atoms with E-state index in [1.54, 1.807) is 25.3 Å². The maximum Gasteiger partial charge on any atom is 0.250 e. The van der Waals surface area contributed by atoms with Crippen LogP contribution in [-0.4, -0.2) is 32.3 Å². The number of nitrogens with two attached hydrogens (primary N) is 1. The lowest BCUT2D eigenvalue weighted by atomic mass is 10.2. The molecule has 0 aliphatic carbocycles. The minimum atomic E-state index is -0.271. The molecule has 6 heteroatoms. The fourth-order valence-electron chi connectivity index (χ4n) is 1.33. The maximum atomic E-state index is 11.6. The molecule has 0 spiro atoms. The van der Waals surface area contributed by atoms with Crippen molar-refractivity contribution < 1.29 is 14.3 Å². The Morgan fingerprint density at radius 3 is 2.89 bits per heavy atom. The van der Waals surface area contributed by atoms with Crippen molar-refractivity contribution in [3.05, 3.63) is 23.2 Å². The highest BCUT2D eigenvalue weighted by molar-refractivity contribution is 6.31. The number of ether oxygens (including phenoxy) is 2. The molecule has 5 nitrogen and oxygen atoms in total. The van der Waals surface area contributed by atoms with Gasteiger partial charge in [0.25, 0.3) is 0 Å². The summed E-state index contributed by atoms with van der Waals surface area (Å²) >= 11 is 5.76. The van der Waals surface area contributed by atoms with Gasteiger partial charge >= 0.3 is 0 Å². The van der Waals surface area contributed by atoms with Gasteiger partial charge in [0.15, 0.2) is 0 Å². The quantitative estimate of drug-likeness (QED) is 0.776. The minimum absolute atomic E-state index is 0.0490. The van der Waals surface area contributed by atoms with E-state index in [9.17, 15) is 4.79 Å². The number of nitrogen functional groups attached to an aromatic ring is 1. The third kappa shape index (κ3) is 4.91. The Kier molecular flexibility index (Phi) is 5.91. The first-order chi connectivity index (χ1) is 8.52. The number of carbonyl (C=O) groups excluding carboxylic acids is 1. The summed E-state index contributed by atoms with van der Waals surface area (Å²) in [6.07, 6.45) is -0.136. The predicted molar refractivity (Wildman–Crippen MR) is 71.8 cm³/mol. The molecule has 100 valence electrons. The Bertz CT molecular complexity index is 412. The number of hydrogen-bond acceptors (Lipinski definition) is 4. The van der Waals surface area contributed by atoms with Crippen LogP contribution in [0.1, 0.15) is 6.92 Å². The van der Waals surface area contributed by atoms with E-state index in [1.807, 2.05) is 6.92 Å². The van der Waals surface area contributed by atoms with E-state index in [2.05, 4.69) is 5.32 Å². The van der Waals surface area contributed by atoms with Crippen molar-refractivity contribution in [2.45, 2.75) is 13.0 Å². The van der Waals surface area contributed by atoms with Gasteiger partial charge in [-0.25, -0.2) is 0 Å². The third-order valence-electron chi connectivity index (χ3n) is 2.19. The summed E-state index contributed by atoms with van der Waals surface area (Å²) in [5.41, 5.74) is 6.65. The monoisotopic (exact) mass is 272 g/mol. The molecule has 1 amide bonds. The standard InChI is InChI=1S/C12H17ClN2O3/c1-8(6-17-2)18-7-12(16)15-11-4-3-9(13)5-10(11)14/h3-5,8H,6-7,14H2,1-2H3,(H,15,16). The number of anilines is 2. The fraction of sp³-hybridized carbons (Fsp3) is 0.417. The summed E-state index contributed by atoms with van der Waals surface area (Å²) in [4.78, 5) is 11.6. The first-order valence-electron chi connectivity index (χ1n) is 5.48. The summed E-state index contributed by atoms with van der Waals surface area (Å²) in [5, 5.41) is 3.17. The predicted octanol–water partition coefficient (Wildman–Crippen LogP) is 1.91. The van der Waals surface area contributed by atoms with Gasteiger partial charge in [0.2, 0.25) is 5.91 Å². The van der Waals surface area contributed by atoms with E-state index >= 15 is 0 Å². The molecule has 3 N–H and O–H groups in total. The highest BCUT2D eigenvalue weighted by Gasteiger charge is 2.08. The number of amides is 1. The maximum absolute atomic E-state index is 11.6. The second-order valence-electron chi connectivity index (χ2n) is 3.86. The van der Waals surface area contributed by atoms with Crippen LogP contribution in [-0.2, 0) is 14.3 Å². The molecule has 1 unspecified atom stereocenters. The van der Waals surface area contributed by atoms with Gasteiger partial charge in [0.1, 0.15) is 6.61 Å². The summed E-state index contributed by atoms with van der Waals surface area (Å²) in [5.74, 6) is -0.271. The summed E-state index contributed by atoms with van der Waals surface area (Å²) in [7, 11) is 1.58. The highest BCUT2D eigenvalue weighted by Crippen LogP contribution is 2.22. The third-order valence-corrected chi connectivity index (χ3v) is 2.42. The lowest BCUT2D eigenvalue weighted by Crippen LogP contribution is -2.24. The van der Waals surface area contributed by atoms with Gasteiger partial charge in [-0.2, -0.15) is 0 Å². The van der Waals surface area contributed by atoms with Crippen molar-refractivity contribution in [1.82, 2.24) is 0 Å². The van der Waals surface area contributed by atoms with Crippen LogP contribution in [0.25, 0.3) is 0 Å². The highest BCUT2D eigenvalue weighted by atomic mass is 35.5. The molecule has 1 atom stereocenters. The zero-order valence-electron chi connectivity index (χ0n) is 10.4. The van der Waals surface area contributed by atoms with Gasteiger partial charge in [-0.15, -0.1) is 0 Å². The molecule has 1 rings (SSSR count). The van der Waals surface area contributed by atoms with E-state index in [0.29, 0.717) is 23.0 Å². The zero-order valence-corrected chi connectivity index (χ0v) is 11.2. The van der Waals surface area contributed by atoms with Crippen LogP contribution in [0.15, 0.2) is 18.2 Å². The van der Waals surface area contributed by atoms with Crippen LogP contribution in [0.3, 0.4) is 0 Å². The molecule has 0 aromatic heterocycles. The average molecular weight is 273 g/mol. The van der Waals surface area contributed by atoms with E-state index < -0.39 is 0 Å². The Labute approximate surface area is 111 Å². The number of hydrogen-bond donors (Lipinski definition) is 2. The van der Waals surface area contributed by atoms with Gasteiger partial charge in [-0.3, -0.25) is 4.79 Å². The Morgan fingerprint density at radius 2 is 2.28 bits per heavy atom. The van der Waals surface area contributed by atoms with Gasteiger partial charge in [0.05, 0.1) is 24.1 Å². The zero-order chi connectivity index (χ0) is 13.5. The number of methoxy groups -OCH3 is 1. The number of halogens is 1. The van der Waals surface area contributed by atoms with Crippen molar-refractivity contribution >= 4 is 28.9 Å². The van der Waals surface area contributed by atoms with Gasteiger partial charge in [0, 0.05) is 12.1 Å². The van der Waals surface area contributed by atoms with Crippen molar-refractivity contribution in [2.75, 3.05) is 31.4 Å². The Balaban J connectivity index is 2.44. The molecule has 1 aromatic carbocycles. The van der Waals surface area contributed by atoms with Gasteiger partial charge in [-0.05, 0) is 25.1 Å². The smallest absolute Gasteiger partial charge is 0.250 e. The van der Waals surface area contributed by atoms with Gasteiger partial charge in [-0.1, -0.05) is 11.6 Å². The lowest BCUT2D eigenvalue weighted by Gasteiger charge is -2.12. The number of carbonyl (C=O) groups is 1. The van der Waals surface area contributed by atoms with Crippen molar-refractivity contribution in [3.63, 3.8) is 0 Å². The van der Waals surface area contributed by atoms with E-state index in [0.717, 1.165) is 0 Å². The van der Waals surface area contributed by atoms with Crippen LogP contribution < -0.4 is 11.1 Å². The van der Waals surface area contributed by atoms with Crippen LogP contribution in [0.5, 0.6) is 0 Å². The molecule has 0 heterocycles. The molecule has 0 saturated carbocycles. The van der Waals surface area contributed by atoms with Crippen LogP contribution in [0.4, 0.5) is 11.4 Å². The van der Waals surface area contributed by atoms with Crippen molar-refractivity contribution in [2.24, 2.45) is 0 Å². The van der Waals surface area contributed by atoms with Gasteiger partial charge < -0.3 is 20.5 Å². The topological polar surface area (TPSA) is 73.6 Å². The molecule has 0 radical (unpaired) electrons. The van der Waals surface area contributed by atoms with E-state index in [1.165, 1.54) is 0 Å².